The highest BCUT2D eigenvalue weighted by atomic mass is 35.5. The Hall–Kier alpha value is -2.39. The van der Waals surface area contributed by atoms with E-state index < -0.39 is 11.8 Å². The number of hydrogen-bond acceptors (Lipinski definition) is 3. The quantitative estimate of drug-likeness (QED) is 0.302. The predicted octanol–water partition coefficient (Wildman–Crippen LogP) is 6.95. The highest BCUT2D eigenvalue weighted by Crippen LogP contribution is 2.41. The van der Waals surface area contributed by atoms with Crippen molar-refractivity contribution < 1.29 is 13.9 Å². The summed E-state index contributed by atoms with van der Waals surface area (Å²) in [5, 5.41) is 0.810. The molecule has 0 aliphatic carbocycles. The molecule has 0 atom stereocenters. The molecule has 0 N–H and O–H groups in total. The number of aromatic nitrogens is 1. The first-order valence-corrected chi connectivity index (χ1v) is 10.2. The van der Waals surface area contributed by atoms with Gasteiger partial charge in [-0.15, -0.1) is 0 Å². The number of nitrogens with zero attached hydrogens (tertiary/aromatic N) is 2. The van der Waals surface area contributed by atoms with Crippen LogP contribution in [0.4, 0.5) is 4.39 Å². The first-order valence-electron chi connectivity index (χ1n) is 9.07. The second-order valence-corrected chi connectivity index (χ2v) is 7.62. The number of carbonyl (C=O) groups excluding carboxylic acids is 1. The van der Waals surface area contributed by atoms with Gasteiger partial charge in [0.1, 0.15) is 11.1 Å². The topological polar surface area (TPSA) is 43.5 Å². The number of esters is 1. The first kappa shape index (κ1) is 22.3. The Kier molecular flexibility index (Phi) is 6.82. The van der Waals surface area contributed by atoms with Gasteiger partial charge in [-0.05, 0) is 31.5 Å². The summed E-state index contributed by atoms with van der Waals surface area (Å²) in [5.41, 5.74) is 1.47. The molecule has 0 spiro atoms. The molecule has 0 amide bonds. The number of benzene rings is 2. The fourth-order valence-corrected chi connectivity index (χ4v) is 4.04. The van der Waals surface area contributed by atoms with Crippen molar-refractivity contribution in [3.8, 4) is 11.1 Å². The monoisotopic (exact) mass is 464 g/mol. The third-order valence-electron chi connectivity index (χ3n) is 4.61. The number of hydrogen-bond donors (Lipinski definition) is 0. The molecular weight excluding hydrogens is 450 g/mol. The minimum absolute atomic E-state index is 0.00292. The molecule has 0 saturated heterocycles. The molecule has 4 nitrogen and oxygen atoms in total. The van der Waals surface area contributed by atoms with Gasteiger partial charge in [0.2, 0.25) is 6.54 Å². The van der Waals surface area contributed by atoms with Gasteiger partial charge in [0.25, 0.3) is 0 Å². The van der Waals surface area contributed by atoms with Crippen LogP contribution in [-0.2, 0) is 11.2 Å². The molecule has 30 heavy (non-hydrogen) atoms. The molecule has 0 saturated carbocycles. The largest absolute Gasteiger partial charge is 0.462 e. The van der Waals surface area contributed by atoms with Crippen LogP contribution in [0.1, 0.15) is 28.5 Å². The Balaban J connectivity index is 2.39. The molecule has 0 aliphatic heterocycles. The molecule has 2 aromatic carbocycles. The van der Waals surface area contributed by atoms with E-state index in [0.29, 0.717) is 11.1 Å². The maximum Gasteiger partial charge on any atom is 0.341 e. The molecule has 0 radical (unpaired) electrons. The van der Waals surface area contributed by atoms with Gasteiger partial charge in [0, 0.05) is 22.9 Å². The van der Waals surface area contributed by atoms with Gasteiger partial charge in [-0.2, -0.15) is 0 Å². The number of fused-ring (bicyclic) bond motifs is 1. The number of halogens is 4. The van der Waals surface area contributed by atoms with Crippen molar-refractivity contribution in [2.24, 2.45) is 0 Å². The van der Waals surface area contributed by atoms with Crippen molar-refractivity contribution in [2.45, 2.75) is 20.3 Å². The second kappa shape index (κ2) is 9.18. The molecule has 1 aromatic heterocycles. The van der Waals surface area contributed by atoms with Crippen LogP contribution in [0, 0.1) is 19.3 Å². The lowest BCUT2D eigenvalue weighted by Crippen LogP contribution is -2.10. The molecule has 8 heteroatoms. The van der Waals surface area contributed by atoms with Gasteiger partial charge in [-0.1, -0.05) is 46.9 Å². The van der Waals surface area contributed by atoms with Crippen molar-refractivity contribution in [1.82, 2.24) is 4.98 Å². The first-order chi connectivity index (χ1) is 14.3. The summed E-state index contributed by atoms with van der Waals surface area (Å²) in [6.45, 7) is 10.7. The van der Waals surface area contributed by atoms with Gasteiger partial charge in [0.05, 0.1) is 27.4 Å². The average Bonchev–Trinajstić information content (AvgIpc) is 2.70. The lowest BCUT2D eigenvalue weighted by Gasteiger charge is -2.16. The van der Waals surface area contributed by atoms with Gasteiger partial charge in [-0.3, -0.25) is 0 Å². The van der Waals surface area contributed by atoms with E-state index in [1.807, 2.05) is 0 Å². The van der Waals surface area contributed by atoms with Gasteiger partial charge < -0.3 is 9.58 Å². The zero-order valence-electron chi connectivity index (χ0n) is 16.2. The zero-order chi connectivity index (χ0) is 22.0. The molecular formula is C22H16Cl3FN2O2. The second-order valence-electron chi connectivity index (χ2n) is 6.46. The summed E-state index contributed by atoms with van der Waals surface area (Å²) in [6, 6.07) is 6.58. The molecule has 0 aliphatic rings. The Labute approximate surface area is 188 Å². The van der Waals surface area contributed by atoms with E-state index in [1.165, 1.54) is 0 Å². The highest BCUT2D eigenvalue weighted by Gasteiger charge is 2.25. The lowest BCUT2D eigenvalue weighted by molar-refractivity contribution is 0.0525. The lowest BCUT2D eigenvalue weighted by atomic mass is 9.93. The Morgan fingerprint density at radius 1 is 1.27 bits per heavy atom. The summed E-state index contributed by atoms with van der Waals surface area (Å²) in [5.74, 6) is -1.27. The van der Waals surface area contributed by atoms with Crippen LogP contribution in [0.15, 0.2) is 24.3 Å². The van der Waals surface area contributed by atoms with E-state index in [2.05, 4.69) is 9.83 Å². The number of carbonyl (C=O) groups is 1. The third-order valence-corrected chi connectivity index (χ3v) is 5.82. The minimum atomic E-state index is -0.642. The van der Waals surface area contributed by atoms with Crippen LogP contribution in [0.5, 0.6) is 0 Å². The van der Waals surface area contributed by atoms with Crippen molar-refractivity contribution in [3.63, 3.8) is 0 Å². The fourth-order valence-electron chi connectivity index (χ4n) is 3.29. The maximum atomic E-state index is 15.8. The predicted molar refractivity (Wildman–Crippen MR) is 118 cm³/mol. The maximum absolute atomic E-state index is 15.8. The normalized spacial score (nSPS) is 10.8. The van der Waals surface area contributed by atoms with Crippen LogP contribution in [0.3, 0.4) is 0 Å². The summed E-state index contributed by atoms with van der Waals surface area (Å²) in [4.78, 5) is 20.0. The molecule has 154 valence electrons. The fraction of sp³-hybridized carbons (Fsp3) is 0.227. The van der Waals surface area contributed by atoms with Gasteiger partial charge in [0.15, 0.2) is 5.82 Å². The number of rotatable bonds is 5. The molecule has 0 bridgehead atoms. The highest BCUT2D eigenvalue weighted by molar-refractivity contribution is 6.44. The van der Waals surface area contributed by atoms with Gasteiger partial charge in [-0.25, -0.2) is 20.7 Å². The molecule has 1 heterocycles. The SMILES string of the molecule is [C-]#[N+]CCc1cc2c(Cl)c(C(=O)OCC)c(C)nc2c(F)c1-c1cccc(Cl)c1Cl. The van der Waals surface area contributed by atoms with E-state index in [9.17, 15) is 4.79 Å². The third kappa shape index (κ3) is 3.96. The van der Waals surface area contributed by atoms with E-state index in [0.717, 1.165) is 0 Å². The minimum Gasteiger partial charge on any atom is -0.462 e. The van der Waals surface area contributed by atoms with Gasteiger partial charge >= 0.3 is 5.97 Å². The van der Waals surface area contributed by atoms with Crippen molar-refractivity contribution in [1.29, 1.82) is 0 Å². The summed E-state index contributed by atoms with van der Waals surface area (Å²) < 4.78 is 20.8. The Bertz CT molecular complexity index is 1210. The van der Waals surface area contributed by atoms with Crippen LogP contribution in [-0.4, -0.2) is 24.1 Å². The average molecular weight is 466 g/mol. The standard InChI is InChI=1S/C22H16Cl3FN2O2/c1-4-30-22(29)16-11(2)28-21-14(19(16)25)10-12(8-9-27-3)17(20(21)26)13-6-5-7-15(23)18(13)24/h5-7,10H,4,8-9H2,1-2H3. The van der Waals surface area contributed by atoms with Crippen LogP contribution < -0.4 is 0 Å². The van der Waals surface area contributed by atoms with E-state index in [4.69, 9.17) is 46.1 Å². The number of ether oxygens (including phenoxy) is 1. The Morgan fingerprint density at radius 2 is 2.00 bits per heavy atom. The summed E-state index contributed by atoms with van der Waals surface area (Å²) >= 11 is 19.0. The van der Waals surface area contributed by atoms with Crippen molar-refractivity contribution in [3.05, 3.63) is 73.4 Å². The smallest absolute Gasteiger partial charge is 0.341 e. The summed E-state index contributed by atoms with van der Waals surface area (Å²) in [6.07, 6.45) is 0.257. The van der Waals surface area contributed by atoms with Crippen molar-refractivity contribution >= 4 is 51.7 Å². The van der Waals surface area contributed by atoms with E-state index in [1.54, 1.807) is 38.1 Å². The van der Waals surface area contributed by atoms with Crippen LogP contribution in [0.2, 0.25) is 15.1 Å². The summed E-state index contributed by atoms with van der Waals surface area (Å²) in [7, 11) is 0. The number of pyridine rings is 1. The van der Waals surface area contributed by atoms with E-state index in [-0.39, 0.29) is 62.4 Å². The van der Waals surface area contributed by atoms with Crippen LogP contribution in [0.25, 0.3) is 26.9 Å². The Morgan fingerprint density at radius 3 is 2.67 bits per heavy atom. The molecule has 3 rings (SSSR count). The molecule has 0 fully saturated rings. The molecule has 0 unspecified atom stereocenters. The molecule has 3 aromatic rings. The van der Waals surface area contributed by atoms with Crippen molar-refractivity contribution in [2.75, 3.05) is 13.2 Å². The van der Waals surface area contributed by atoms with Crippen LogP contribution >= 0.6 is 34.8 Å². The zero-order valence-corrected chi connectivity index (χ0v) is 18.4. The van der Waals surface area contributed by atoms with E-state index >= 15 is 4.39 Å². The number of aryl methyl sites for hydroxylation is 1.